The molecule has 6 heteroatoms. The van der Waals surface area contributed by atoms with Gasteiger partial charge in [0, 0.05) is 24.2 Å². The number of carbonyl (C=O) groups is 1. The molecule has 1 aromatic rings. The number of nitrogens with one attached hydrogen (secondary N) is 1. The van der Waals surface area contributed by atoms with Crippen molar-refractivity contribution in [1.29, 1.82) is 0 Å². The molecule has 0 radical (unpaired) electrons. The van der Waals surface area contributed by atoms with Crippen LogP contribution in [0.1, 0.15) is 15.9 Å². The third-order valence-electron chi connectivity index (χ3n) is 2.61. The van der Waals surface area contributed by atoms with E-state index in [1.165, 1.54) is 7.11 Å². The average Bonchev–Trinajstić information content (AvgIpc) is 2.44. The summed E-state index contributed by atoms with van der Waals surface area (Å²) in [4.78, 5) is 11.9. The normalized spacial score (nSPS) is 9.35. The first kappa shape index (κ1) is 18.3. The summed E-state index contributed by atoms with van der Waals surface area (Å²) in [5.41, 5.74) is 6.73. The van der Waals surface area contributed by atoms with Gasteiger partial charge in [-0.05, 0) is 18.6 Å². The number of benzene rings is 1. The molecule has 112 valence electrons. The highest BCUT2D eigenvalue weighted by Gasteiger charge is 2.15. The summed E-state index contributed by atoms with van der Waals surface area (Å²) < 4.78 is 10.6. The Morgan fingerprint density at radius 2 is 2.10 bits per heavy atom. The minimum Gasteiger partial charge on any atom is -0.493 e. The average molecular weight is 301 g/mol. The molecule has 20 heavy (non-hydrogen) atoms. The molecule has 0 aliphatic heterocycles. The molecule has 0 bridgehead atoms. The number of carbonyl (C=O) groups excluding carboxylic acids is 1. The van der Waals surface area contributed by atoms with Crippen LogP contribution < -0.4 is 20.5 Å². The van der Waals surface area contributed by atoms with E-state index in [4.69, 9.17) is 15.2 Å². The van der Waals surface area contributed by atoms with Crippen LogP contribution in [0.5, 0.6) is 11.5 Å². The fourth-order valence-corrected chi connectivity index (χ4v) is 1.77. The Kier molecular flexibility index (Phi) is 8.43. The molecular weight excluding hydrogens is 280 g/mol. The highest BCUT2D eigenvalue weighted by atomic mass is 35.5. The van der Waals surface area contributed by atoms with Crippen LogP contribution >= 0.6 is 12.4 Å². The van der Waals surface area contributed by atoms with Crippen LogP contribution in [0.3, 0.4) is 0 Å². The molecule has 0 unspecified atom stereocenters. The molecule has 5 nitrogen and oxygen atoms in total. The summed E-state index contributed by atoms with van der Waals surface area (Å²) in [6.07, 6.45) is 2.34. The van der Waals surface area contributed by atoms with E-state index in [0.717, 1.165) is 5.56 Å². The van der Waals surface area contributed by atoms with Crippen LogP contribution in [0.15, 0.2) is 24.8 Å². The summed E-state index contributed by atoms with van der Waals surface area (Å²) in [6, 6.07) is 3.42. The fraction of sp³-hybridized carbons (Fsp3) is 0.357. The first-order valence-electron chi connectivity index (χ1n) is 6.02. The third kappa shape index (κ3) is 4.43. The first-order chi connectivity index (χ1) is 9.17. The van der Waals surface area contributed by atoms with Gasteiger partial charge in [0.05, 0.1) is 14.2 Å². The Bertz CT molecular complexity index is 464. The second-order valence-corrected chi connectivity index (χ2v) is 3.91. The molecular formula is C14H21ClN2O3. The van der Waals surface area contributed by atoms with Crippen molar-refractivity contribution in [1.82, 2.24) is 5.32 Å². The summed E-state index contributed by atoms with van der Waals surface area (Å²) in [7, 11) is 3.11. The number of rotatable bonds is 7. The van der Waals surface area contributed by atoms with Gasteiger partial charge in [-0.1, -0.05) is 6.08 Å². The van der Waals surface area contributed by atoms with Gasteiger partial charge < -0.3 is 20.5 Å². The van der Waals surface area contributed by atoms with E-state index >= 15 is 0 Å². The first-order valence-corrected chi connectivity index (χ1v) is 6.02. The van der Waals surface area contributed by atoms with E-state index in [2.05, 4.69) is 11.9 Å². The van der Waals surface area contributed by atoms with Crippen molar-refractivity contribution in [3.05, 3.63) is 35.9 Å². The van der Waals surface area contributed by atoms with Crippen molar-refractivity contribution in [3.8, 4) is 11.5 Å². The Hall–Kier alpha value is -1.72. The molecule has 0 heterocycles. The summed E-state index contributed by atoms with van der Waals surface area (Å²) in [5, 5.41) is 2.72. The minimum absolute atomic E-state index is 0. The van der Waals surface area contributed by atoms with Crippen LogP contribution in [-0.2, 0) is 6.42 Å². The Morgan fingerprint density at radius 1 is 1.40 bits per heavy atom. The van der Waals surface area contributed by atoms with Gasteiger partial charge in [-0.25, -0.2) is 0 Å². The molecule has 0 saturated carbocycles. The number of methoxy groups -OCH3 is 2. The quantitative estimate of drug-likeness (QED) is 0.749. The predicted octanol–water partition coefficient (Wildman–Crippen LogP) is 1.54. The lowest BCUT2D eigenvalue weighted by atomic mass is 10.0. The topological polar surface area (TPSA) is 73.6 Å². The van der Waals surface area contributed by atoms with Gasteiger partial charge in [-0.3, -0.25) is 4.79 Å². The number of halogens is 1. The monoisotopic (exact) mass is 300 g/mol. The van der Waals surface area contributed by atoms with E-state index in [-0.39, 0.29) is 18.3 Å². The predicted molar refractivity (Wildman–Crippen MR) is 82.1 cm³/mol. The lowest BCUT2D eigenvalue weighted by molar-refractivity contribution is 0.0954. The molecule has 1 aromatic carbocycles. The highest BCUT2D eigenvalue weighted by molar-refractivity contribution is 5.95. The van der Waals surface area contributed by atoms with E-state index < -0.39 is 0 Å². The molecule has 0 atom stereocenters. The largest absolute Gasteiger partial charge is 0.493 e. The molecule has 0 saturated heterocycles. The zero-order valence-corrected chi connectivity index (χ0v) is 12.6. The van der Waals surface area contributed by atoms with Crippen molar-refractivity contribution in [2.45, 2.75) is 6.42 Å². The Morgan fingerprint density at radius 3 is 2.60 bits per heavy atom. The molecule has 0 spiro atoms. The molecule has 1 rings (SSSR count). The lowest BCUT2D eigenvalue weighted by Crippen LogP contribution is -2.29. The van der Waals surface area contributed by atoms with Crippen molar-refractivity contribution in [2.75, 3.05) is 27.3 Å². The van der Waals surface area contributed by atoms with E-state index in [9.17, 15) is 4.79 Å². The highest BCUT2D eigenvalue weighted by Crippen LogP contribution is 2.33. The Balaban J connectivity index is 0.00000361. The number of hydrogen-bond donors (Lipinski definition) is 2. The van der Waals surface area contributed by atoms with Crippen molar-refractivity contribution >= 4 is 18.3 Å². The molecule has 0 fully saturated rings. The standard InChI is InChI=1S/C14H20N2O3.ClH/c1-4-5-10-8-11(14(17)16-7-6-15)9-12(18-2)13(10)19-3;/h4,8-9H,1,5-7,15H2,2-3H3,(H,16,17);1H. The molecule has 0 aliphatic carbocycles. The lowest BCUT2D eigenvalue weighted by Gasteiger charge is -2.14. The maximum Gasteiger partial charge on any atom is 0.251 e. The molecule has 0 aliphatic rings. The van der Waals surface area contributed by atoms with Crippen molar-refractivity contribution in [2.24, 2.45) is 5.73 Å². The van der Waals surface area contributed by atoms with Crippen molar-refractivity contribution in [3.63, 3.8) is 0 Å². The van der Waals surface area contributed by atoms with Gasteiger partial charge in [-0.2, -0.15) is 0 Å². The van der Waals surface area contributed by atoms with Gasteiger partial charge in [0.25, 0.3) is 5.91 Å². The Labute approximate surface area is 125 Å². The van der Waals surface area contributed by atoms with Crippen LogP contribution in [0.4, 0.5) is 0 Å². The summed E-state index contributed by atoms with van der Waals surface area (Å²) >= 11 is 0. The van der Waals surface area contributed by atoms with E-state index in [0.29, 0.717) is 36.6 Å². The van der Waals surface area contributed by atoms with Crippen LogP contribution in [-0.4, -0.2) is 33.2 Å². The second-order valence-electron chi connectivity index (χ2n) is 3.91. The molecule has 3 N–H and O–H groups in total. The molecule has 1 amide bonds. The summed E-state index contributed by atoms with van der Waals surface area (Å²) in [5.74, 6) is 0.967. The number of hydrogen-bond acceptors (Lipinski definition) is 4. The van der Waals surface area contributed by atoms with Crippen molar-refractivity contribution < 1.29 is 14.3 Å². The third-order valence-corrected chi connectivity index (χ3v) is 2.61. The maximum absolute atomic E-state index is 11.9. The zero-order valence-electron chi connectivity index (χ0n) is 11.8. The zero-order chi connectivity index (χ0) is 14.3. The minimum atomic E-state index is -0.184. The van der Waals surface area contributed by atoms with E-state index in [1.54, 1.807) is 25.3 Å². The van der Waals surface area contributed by atoms with E-state index in [1.807, 2.05) is 0 Å². The number of amides is 1. The molecule has 0 aromatic heterocycles. The van der Waals surface area contributed by atoms with Gasteiger partial charge in [-0.15, -0.1) is 19.0 Å². The number of nitrogens with two attached hydrogens (primary N) is 1. The fourth-order valence-electron chi connectivity index (χ4n) is 1.77. The van der Waals surface area contributed by atoms with Crippen LogP contribution in [0.2, 0.25) is 0 Å². The van der Waals surface area contributed by atoms with Gasteiger partial charge in [0.2, 0.25) is 0 Å². The van der Waals surface area contributed by atoms with Crippen LogP contribution in [0.25, 0.3) is 0 Å². The van der Waals surface area contributed by atoms with Gasteiger partial charge in [0.1, 0.15) is 0 Å². The SMILES string of the molecule is C=CCc1cc(C(=O)NCCN)cc(OC)c1OC.Cl. The van der Waals surface area contributed by atoms with Gasteiger partial charge in [0.15, 0.2) is 11.5 Å². The smallest absolute Gasteiger partial charge is 0.251 e. The van der Waals surface area contributed by atoms with Crippen LogP contribution in [0, 0.1) is 0 Å². The second kappa shape index (κ2) is 9.23. The number of allylic oxidation sites excluding steroid dienone is 1. The number of ether oxygens (including phenoxy) is 2. The summed E-state index contributed by atoms with van der Waals surface area (Å²) in [6.45, 7) is 4.53. The maximum atomic E-state index is 11.9. The van der Waals surface area contributed by atoms with Gasteiger partial charge >= 0.3 is 0 Å².